The Morgan fingerprint density at radius 1 is 1.20 bits per heavy atom. The van der Waals surface area contributed by atoms with Crippen molar-refractivity contribution in [2.75, 3.05) is 31.6 Å². The lowest BCUT2D eigenvalue weighted by atomic mass is 9.73. The van der Waals surface area contributed by atoms with Crippen LogP contribution in [0, 0.1) is 5.41 Å². The smallest absolute Gasteiger partial charge is 0.0980 e. The standard InChI is InChI=1S/C25H39N3OS/c1-18-10-13-26-24-21(16-23(30-24)19-8-11-25(2,3)12-9-19)22(27-18)17-28(14-15-29)20-6-4-5-7-20/h10,16,19-20,26,29H,4-9,11-15,17H2,1-3H3/b18-10+,27-22-. The molecule has 30 heavy (non-hydrogen) atoms. The lowest BCUT2D eigenvalue weighted by Crippen LogP contribution is -2.40. The van der Waals surface area contributed by atoms with Crippen LogP contribution >= 0.6 is 11.3 Å². The van der Waals surface area contributed by atoms with Gasteiger partial charge in [0.05, 0.1) is 17.3 Å². The van der Waals surface area contributed by atoms with Gasteiger partial charge in [-0.25, -0.2) is 0 Å². The molecule has 5 heteroatoms. The zero-order valence-corrected chi connectivity index (χ0v) is 19.9. The van der Waals surface area contributed by atoms with Gasteiger partial charge in [0.2, 0.25) is 0 Å². The largest absolute Gasteiger partial charge is 0.395 e. The molecule has 0 atom stereocenters. The number of nitrogens with one attached hydrogen (secondary N) is 1. The van der Waals surface area contributed by atoms with Crippen molar-refractivity contribution in [3.8, 4) is 0 Å². The first-order valence-electron chi connectivity index (χ1n) is 11.9. The number of aliphatic hydroxyl groups excluding tert-OH is 1. The maximum absolute atomic E-state index is 9.69. The van der Waals surface area contributed by atoms with Gasteiger partial charge in [-0.2, -0.15) is 0 Å². The second kappa shape index (κ2) is 9.54. The van der Waals surface area contributed by atoms with Gasteiger partial charge >= 0.3 is 0 Å². The summed E-state index contributed by atoms with van der Waals surface area (Å²) in [6.07, 6.45) is 12.6. The fourth-order valence-electron chi connectivity index (χ4n) is 5.35. The summed E-state index contributed by atoms with van der Waals surface area (Å²) in [5.74, 6) is 0.691. The summed E-state index contributed by atoms with van der Waals surface area (Å²) >= 11 is 1.95. The van der Waals surface area contributed by atoms with Gasteiger partial charge < -0.3 is 10.4 Å². The minimum atomic E-state index is 0.219. The molecule has 0 spiro atoms. The maximum Gasteiger partial charge on any atom is 0.0980 e. The van der Waals surface area contributed by atoms with Crippen LogP contribution in [0.5, 0.6) is 0 Å². The average Bonchev–Trinajstić information content (AvgIpc) is 3.36. The minimum absolute atomic E-state index is 0.219. The molecule has 0 bridgehead atoms. The molecule has 166 valence electrons. The van der Waals surface area contributed by atoms with Crippen LogP contribution in [-0.4, -0.2) is 48.0 Å². The van der Waals surface area contributed by atoms with Crippen LogP contribution < -0.4 is 5.32 Å². The molecule has 4 nitrogen and oxygen atoms in total. The van der Waals surface area contributed by atoms with Gasteiger partial charge in [0.15, 0.2) is 0 Å². The van der Waals surface area contributed by atoms with Gasteiger partial charge in [-0.3, -0.25) is 9.89 Å². The second-order valence-corrected chi connectivity index (χ2v) is 11.3. The normalized spacial score (nSPS) is 26.3. The molecule has 2 fully saturated rings. The third kappa shape index (κ3) is 5.17. The predicted octanol–water partition coefficient (Wildman–Crippen LogP) is 5.79. The number of nitrogens with zero attached hydrogens (tertiary/aromatic N) is 2. The Hall–Kier alpha value is -1.17. The van der Waals surface area contributed by atoms with Crippen molar-refractivity contribution in [1.82, 2.24) is 4.90 Å². The third-order valence-corrected chi connectivity index (χ3v) is 8.61. The monoisotopic (exact) mass is 429 g/mol. The van der Waals surface area contributed by atoms with Gasteiger partial charge in [-0.05, 0) is 68.9 Å². The third-order valence-electron chi connectivity index (χ3n) is 7.36. The Bertz CT molecular complexity index is 778. The predicted molar refractivity (Wildman–Crippen MR) is 129 cm³/mol. The van der Waals surface area contributed by atoms with E-state index in [1.165, 1.54) is 72.5 Å². The van der Waals surface area contributed by atoms with E-state index in [1.807, 2.05) is 11.3 Å². The highest BCUT2D eigenvalue weighted by Gasteiger charge is 2.30. The topological polar surface area (TPSA) is 47.9 Å². The molecular formula is C25H39N3OS. The zero-order valence-electron chi connectivity index (χ0n) is 19.0. The Morgan fingerprint density at radius 2 is 1.93 bits per heavy atom. The quantitative estimate of drug-likeness (QED) is 0.602. The van der Waals surface area contributed by atoms with E-state index < -0.39 is 0 Å². The van der Waals surface area contributed by atoms with E-state index >= 15 is 0 Å². The van der Waals surface area contributed by atoms with E-state index in [0.717, 1.165) is 25.3 Å². The summed E-state index contributed by atoms with van der Waals surface area (Å²) in [6, 6.07) is 3.03. The van der Waals surface area contributed by atoms with Crippen molar-refractivity contribution in [3.63, 3.8) is 0 Å². The summed E-state index contributed by atoms with van der Waals surface area (Å²) in [4.78, 5) is 9.08. The van der Waals surface area contributed by atoms with Crippen LogP contribution in [0.1, 0.15) is 88.5 Å². The average molecular weight is 430 g/mol. The molecule has 2 aliphatic carbocycles. The Kier molecular flexibility index (Phi) is 7.01. The lowest BCUT2D eigenvalue weighted by Gasteiger charge is -2.33. The molecule has 1 aromatic heterocycles. The molecule has 0 aromatic carbocycles. The number of hydrogen-bond acceptors (Lipinski definition) is 5. The number of hydrogen-bond donors (Lipinski definition) is 2. The number of rotatable bonds is 6. The molecule has 0 saturated heterocycles. The van der Waals surface area contributed by atoms with Crippen LogP contribution in [0.25, 0.3) is 0 Å². The zero-order chi connectivity index (χ0) is 21.1. The minimum Gasteiger partial charge on any atom is -0.395 e. The first-order valence-corrected chi connectivity index (χ1v) is 12.7. The fraction of sp³-hybridized carbons (Fsp3) is 0.720. The Labute approximate surface area is 186 Å². The lowest BCUT2D eigenvalue weighted by molar-refractivity contribution is 0.170. The van der Waals surface area contributed by atoms with Crippen LogP contribution in [0.15, 0.2) is 22.8 Å². The van der Waals surface area contributed by atoms with Crippen molar-refractivity contribution in [2.45, 2.75) is 84.1 Å². The number of allylic oxidation sites excluding steroid dienone is 1. The van der Waals surface area contributed by atoms with Crippen molar-refractivity contribution in [1.29, 1.82) is 0 Å². The highest BCUT2D eigenvalue weighted by molar-refractivity contribution is 7.16. The Morgan fingerprint density at radius 3 is 2.63 bits per heavy atom. The fourth-order valence-corrected chi connectivity index (χ4v) is 6.61. The van der Waals surface area contributed by atoms with Crippen LogP contribution in [0.4, 0.5) is 5.00 Å². The summed E-state index contributed by atoms with van der Waals surface area (Å²) in [5, 5.41) is 14.6. The number of thiophene rings is 1. The highest BCUT2D eigenvalue weighted by atomic mass is 32.1. The molecule has 0 amide bonds. The van der Waals surface area contributed by atoms with Crippen molar-refractivity contribution in [3.05, 3.63) is 28.3 Å². The Balaban J connectivity index is 1.60. The summed E-state index contributed by atoms with van der Waals surface area (Å²) in [6.45, 7) is 9.57. The van der Waals surface area contributed by atoms with E-state index in [2.05, 4.69) is 43.1 Å². The molecular weight excluding hydrogens is 390 g/mol. The van der Waals surface area contributed by atoms with Gasteiger partial charge in [0.25, 0.3) is 0 Å². The summed E-state index contributed by atoms with van der Waals surface area (Å²) in [7, 11) is 0. The summed E-state index contributed by atoms with van der Waals surface area (Å²) < 4.78 is 0. The van der Waals surface area contributed by atoms with E-state index in [9.17, 15) is 5.11 Å². The van der Waals surface area contributed by atoms with Crippen LogP contribution in [0.2, 0.25) is 0 Å². The number of anilines is 1. The van der Waals surface area contributed by atoms with E-state index in [-0.39, 0.29) is 6.61 Å². The molecule has 4 rings (SSSR count). The van der Waals surface area contributed by atoms with Crippen LogP contribution in [0.3, 0.4) is 0 Å². The number of aliphatic imine (C=N–C) groups is 1. The second-order valence-electron chi connectivity index (χ2n) is 10.2. The SMILES string of the molecule is CC1=C\CNc2sc(C3CCC(C)(C)CC3)cc2/C(CN(CCO)C2CCCC2)=N\1. The maximum atomic E-state index is 9.69. The van der Waals surface area contributed by atoms with Gasteiger partial charge in [0.1, 0.15) is 0 Å². The molecule has 1 aliphatic heterocycles. The van der Waals surface area contributed by atoms with Crippen LogP contribution in [-0.2, 0) is 0 Å². The first-order chi connectivity index (χ1) is 14.4. The van der Waals surface area contributed by atoms with Crippen molar-refractivity contribution >= 4 is 22.0 Å². The van der Waals surface area contributed by atoms with Crippen molar-refractivity contribution < 1.29 is 5.11 Å². The number of aliphatic hydroxyl groups is 1. The molecule has 2 N–H and O–H groups in total. The molecule has 0 radical (unpaired) electrons. The van der Waals surface area contributed by atoms with Gasteiger partial charge in [0, 0.05) is 41.8 Å². The number of fused-ring (bicyclic) bond motifs is 1. The van der Waals surface area contributed by atoms with E-state index in [0.29, 0.717) is 17.4 Å². The highest BCUT2D eigenvalue weighted by Crippen LogP contribution is 2.46. The molecule has 2 saturated carbocycles. The van der Waals surface area contributed by atoms with Gasteiger partial charge in [-0.15, -0.1) is 11.3 Å². The molecule has 3 aliphatic rings. The van der Waals surface area contributed by atoms with Gasteiger partial charge in [-0.1, -0.05) is 26.7 Å². The molecule has 1 aromatic rings. The molecule has 0 unspecified atom stereocenters. The molecule has 2 heterocycles. The van der Waals surface area contributed by atoms with Crippen molar-refractivity contribution in [2.24, 2.45) is 10.4 Å². The summed E-state index contributed by atoms with van der Waals surface area (Å²) in [5.41, 5.74) is 4.06. The van der Waals surface area contributed by atoms with E-state index in [4.69, 9.17) is 4.99 Å². The first kappa shape index (κ1) is 22.0. The van der Waals surface area contributed by atoms with E-state index in [1.54, 1.807) is 0 Å².